The standard InChI is InChI=1S/C7H4N2O3/c10-7(11)5-4-2-1-3-8-6(4)12-9-5/h1-3H,(H,10,11). The van der Waals surface area contributed by atoms with Gasteiger partial charge in [0.15, 0.2) is 0 Å². The zero-order chi connectivity index (χ0) is 8.55. The maximum Gasteiger partial charge on any atom is 0.358 e. The molecule has 2 aromatic heterocycles. The summed E-state index contributed by atoms with van der Waals surface area (Å²) in [5.74, 6) is -1.11. The third kappa shape index (κ3) is 0.833. The number of fused-ring (bicyclic) bond motifs is 1. The summed E-state index contributed by atoms with van der Waals surface area (Å²) in [5.41, 5.74) is 0.146. The Hall–Kier alpha value is -1.91. The predicted molar refractivity (Wildman–Crippen MR) is 38.8 cm³/mol. The summed E-state index contributed by atoms with van der Waals surface area (Å²) in [5, 5.41) is 12.4. The number of hydrogen-bond donors (Lipinski definition) is 1. The van der Waals surface area contributed by atoms with Crippen LogP contribution < -0.4 is 0 Å². The molecule has 0 spiro atoms. The van der Waals surface area contributed by atoms with E-state index in [4.69, 9.17) is 5.11 Å². The summed E-state index contributed by atoms with van der Waals surface area (Å²) >= 11 is 0. The van der Waals surface area contributed by atoms with Crippen LogP contribution in [0.5, 0.6) is 0 Å². The molecule has 0 aliphatic rings. The van der Waals surface area contributed by atoms with Crippen LogP contribution in [0.2, 0.25) is 0 Å². The van der Waals surface area contributed by atoms with Crippen LogP contribution in [-0.4, -0.2) is 21.2 Å². The van der Waals surface area contributed by atoms with Gasteiger partial charge in [0.25, 0.3) is 5.71 Å². The molecule has 5 heteroatoms. The number of rotatable bonds is 1. The van der Waals surface area contributed by atoms with Gasteiger partial charge in [-0.05, 0) is 12.1 Å². The SMILES string of the molecule is O=C(O)c1noc2ncccc12. The van der Waals surface area contributed by atoms with Gasteiger partial charge in [0.1, 0.15) is 0 Å². The molecule has 2 heterocycles. The Labute approximate surface area is 66.6 Å². The molecule has 0 aliphatic heterocycles. The highest BCUT2D eigenvalue weighted by atomic mass is 16.5. The normalized spacial score (nSPS) is 10.3. The fourth-order valence-corrected chi connectivity index (χ4v) is 0.936. The van der Waals surface area contributed by atoms with E-state index in [0.29, 0.717) is 5.39 Å². The van der Waals surface area contributed by atoms with Crippen LogP contribution in [0.4, 0.5) is 0 Å². The van der Waals surface area contributed by atoms with Crippen molar-refractivity contribution in [1.82, 2.24) is 10.1 Å². The van der Waals surface area contributed by atoms with Crippen molar-refractivity contribution >= 4 is 17.1 Å². The highest BCUT2D eigenvalue weighted by molar-refractivity contribution is 5.98. The molecule has 0 bridgehead atoms. The first kappa shape index (κ1) is 6.78. The number of carboxylic acid groups (broad SMARTS) is 1. The highest BCUT2D eigenvalue weighted by Gasteiger charge is 2.14. The topological polar surface area (TPSA) is 76.2 Å². The van der Waals surface area contributed by atoms with E-state index in [1.54, 1.807) is 12.1 Å². The van der Waals surface area contributed by atoms with Crippen LogP contribution in [0.1, 0.15) is 10.5 Å². The van der Waals surface area contributed by atoms with E-state index < -0.39 is 5.97 Å². The lowest BCUT2D eigenvalue weighted by Gasteiger charge is -1.84. The van der Waals surface area contributed by atoms with Crippen LogP contribution in [-0.2, 0) is 0 Å². The quantitative estimate of drug-likeness (QED) is 0.678. The van der Waals surface area contributed by atoms with Gasteiger partial charge >= 0.3 is 5.97 Å². The molecule has 0 aliphatic carbocycles. The molecule has 0 atom stereocenters. The first-order chi connectivity index (χ1) is 5.79. The summed E-state index contributed by atoms with van der Waals surface area (Å²) in [6.45, 7) is 0. The Bertz CT molecular complexity index is 435. The van der Waals surface area contributed by atoms with Gasteiger partial charge in [-0.15, -0.1) is 0 Å². The van der Waals surface area contributed by atoms with Crippen LogP contribution in [0, 0.1) is 0 Å². The molecule has 1 N–H and O–H groups in total. The number of aromatic nitrogens is 2. The minimum absolute atomic E-state index is 0.0990. The van der Waals surface area contributed by atoms with E-state index in [0.717, 1.165) is 0 Å². The van der Waals surface area contributed by atoms with Crippen molar-refractivity contribution in [3.63, 3.8) is 0 Å². The number of carboxylic acids is 1. The Morgan fingerprint density at radius 3 is 3.17 bits per heavy atom. The monoisotopic (exact) mass is 164 g/mol. The van der Waals surface area contributed by atoms with Crippen molar-refractivity contribution < 1.29 is 14.4 Å². The number of hydrogen-bond acceptors (Lipinski definition) is 4. The lowest BCUT2D eigenvalue weighted by molar-refractivity contribution is 0.0688. The Morgan fingerprint density at radius 1 is 1.58 bits per heavy atom. The molecule has 0 saturated carbocycles. The fourth-order valence-electron chi connectivity index (χ4n) is 0.936. The number of aromatic carboxylic acids is 1. The summed E-state index contributed by atoms with van der Waals surface area (Å²) in [6, 6.07) is 3.23. The summed E-state index contributed by atoms with van der Waals surface area (Å²) in [7, 11) is 0. The van der Waals surface area contributed by atoms with Gasteiger partial charge in [-0.1, -0.05) is 5.16 Å². The molecule has 60 valence electrons. The summed E-state index contributed by atoms with van der Waals surface area (Å²) < 4.78 is 4.67. The number of pyridine rings is 1. The average Bonchev–Trinajstić information content (AvgIpc) is 2.47. The van der Waals surface area contributed by atoms with E-state index in [2.05, 4.69) is 14.7 Å². The molecule has 0 amide bonds. The zero-order valence-electron chi connectivity index (χ0n) is 5.89. The Balaban J connectivity index is 2.79. The molecule has 2 rings (SSSR count). The second-order valence-corrected chi connectivity index (χ2v) is 2.19. The van der Waals surface area contributed by atoms with Crippen molar-refractivity contribution in [2.75, 3.05) is 0 Å². The Morgan fingerprint density at radius 2 is 2.42 bits per heavy atom. The van der Waals surface area contributed by atoms with Gasteiger partial charge in [-0.25, -0.2) is 9.78 Å². The molecular formula is C7H4N2O3. The van der Waals surface area contributed by atoms with Gasteiger partial charge in [0, 0.05) is 6.20 Å². The average molecular weight is 164 g/mol. The molecular weight excluding hydrogens is 160 g/mol. The molecule has 0 unspecified atom stereocenters. The van der Waals surface area contributed by atoms with E-state index in [9.17, 15) is 4.79 Å². The lowest BCUT2D eigenvalue weighted by Crippen LogP contribution is -1.96. The van der Waals surface area contributed by atoms with Crippen LogP contribution in [0.15, 0.2) is 22.9 Å². The second kappa shape index (κ2) is 2.30. The van der Waals surface area contributed by atoms with Crippen molar-refractivity contribution in [3.8, 4) is 0 Å². The van der Waals surface area contributed by atoms with Gasteiger partial charge in [-0.2, -0.15) is 0 Å². The third-order valence-corrected chi connectivity index (χ3v) is 1.45. The number of carbonyl (C=O) groups is 1. The smallest absolute Gasteiger partial charge is 0.358 e. The molecule has 5 nitrogen and oxygen atoms in total. The van der Waals surface area contributed by atoms with Crippen LogP contribution in [0.3, 0.4) is 0 Å². The minimum Gasteiger partial charge on any atom is -0.476 e. The molecule has 2 aromatic rings. The van der Waals surface area contributed by atoms with Crippen LogP contribution >= 0.6 is 0 Å². The maximum absolute atomic E-state index is 10.5. The summed E-state index contributed by atoms with van der Waals surface area (Å²) in [4.78, 5) is 14.3. The molecule has 0 saturated heterocycles. The second-order valence-electron chi connectivity index (χ2n) is 2.19. The molecule has 12 heavy (non-hydrogen) atoms. The van der Waals surface area contributed by atoms with Crippen molar-refractivity contribution in [2.45, 2.75) is 0 Å². The van der Waals surface area contributed by atoms with E-state index in [1.807, 2.05) is 0 Å². The van der Waals surface area contributed by atoms with Gasteiger partial charge < -0.3 is 9.63 Å². The molecule has 0 fully saturated rings. The summed E-state index contributed by atoms with van der Waals surface area (Å²) in [6.07, 6.45) is 1.51. The molecule has 0 radical (unpaired) electrons. The molecule has 0 aromatic carbocycles. The highest BCUT2D eigenvalue weighted by Crippen LogP contribution is 2.14. The largest absolute Gasteiger partial charge is 0.476 e. The Kier molecular flexibility index (Phi) is 1.30. The third-order valence-electron chi connectivity index (χ3n) is 1.45. The van der Waals surface area contributed by atoms with Gasteiger partial charge in [0.2, 0.25) is 5.69 Å². The van der Waals surface area contributed by atoms with Crippen LogP contribution in [0.25, 0.3) is 11.1 Å². The van der Waals surface area contributed by atoms with E-state index in [1.165, 1.54) is 6.20 Å². The van der Waals surface area contributed by atoms with Gasteiger partial charge in [0.05, 0.1) is 5.39 Å². The maximum atomic E-state index is 10.5. The van der Waals surface area contributed by atoms with Crippen molar-refractivity contribution in [1.29, 1.82) is 0 Å². The first-order valence-corrected chi connectivity index (χ1v) is 3.23. The zero-order valence-corrected chi connectivity index (χ0v) is 5.89. The van der Waals surface area contributed by atoms with Gasteiger partial charge in [-0.3, -0.25) is 0 Å². The number of nitrogens with zero attached hydrogens (tertiary/aromatic N) is 2. The minimum atomic E-state index is -1.11. The van der Waals surface area contributed by atoms with E-state index in [-0.39, 0.29) is 11.4 Å². The van der Waals surface area contributed by atoms with E-state index >= 15 is 0 Å². The van der Waals surface area contributed by atoms with Crippen molar-refractivity contribution in [2.24, 2.45) is 0 Å². The lowest BCUT2D eigenvalue weighted by atomic mass is 10.3. The first-order valence-electron chi connectivity index (χ1n) is 3.23. The van der Waals surface area contributed by atoms with Crippen molar-refractivity contribution in [3.05, 3.63) is 24.0 Å². The predicted octanol–water partition coefficient (Wildman–Crippen LogP) is 0.921. The fraction of sp³-hybridized carbons (Fsp3) is 0.